The Morgan fingerprint density at radius 1 is 1.40 bits per heavy atom. The summed E-state index contributed by atoms with van der Waals surface area (Å²) in [7, 11) is -3.45. The number of nitrogens with zero attached hydrogens (tertiary/aromatic N) is 1. The van der Waals surface area contributed by atoms with Gasteiger partial charge in [0.25, 0.3) is 0 Å². The molecule has 5 nitrogen and oxygen atoms in total. The van der Waals surface area contributed by atoms with Gasteiger partial charge in [-0.15, -0.1) is 0 Å². The molecule has 1 unspecified atom stereocenters. The molecule has 0 saturated carbocycles. The van der Waals surface area contributed by atoms with Crippen molar-refractivity contribution < 1.29 is 13.2 Å². The van der Waals surface area contributed by atoms with Crippen LogP contribution in [0.25, 0.3) is 0 Å². The third-order valence-electron chi connectivity index (χ3n) is 3.59. The second-order valence-corrected chi connectivity index (χ2v) is 7.57. The Hall–Kier alpha value is -1.40. The molecule has 2 N–H and O–H groups in total. The van der Waals surface area contributed by atoms with Crippen molar-refractivity contribution in [1.82, 2.24) is 4.90 Å². The Balaban J connectivity index is 2.18. The molecule has 1 heterocycles. The van der Waals surface area contributed by atoms with Gasteiger partial charge in [0.05, 0.1) is 0 Å². The standard InChI is InChI=1S/C14H20N2O3S/c1-20(18,19)13(9-11-5-3-2-4-6-11)14(17)16-8-7-12(15)10-16/h2-6,12-13H,7-10,15H2,1H3/t12-,13?/m0/s1. The fraction of sp³-hybridized carbons (Fsp3) is 0.500. The summed E-state index contributed by atoms with van der Waals surface area (Å²) in [5, 5.41) is -1.02. The van der Waals surface area contributed by atoms with Gasteiger partial charge in [-0.1, -0.05) is 30.3 Å². The number of likely N-dealkylation sites (tertiary alicyclic amines) is 1. The molecule has 110 valence electrons. The number of benzene rings is 1. The molecule has 2 atom stereocenters. The highest BCUT2D eigenvalue weighted by Crippen LogP contribution is 2.16. The van der Waals surface area contributed by atoms with Gasteiger partial charge < -0.3 is 10.6 Å². The molecule has 1 aromatic carbocycles. The van der Waals surface area contributed by atoms with Gasteiger partial charge in [-0.25, -0.2) is 8.42 Å². The zero-order valence-electron chi connectivity index (χ0n) is 11.5. The van der Waals surface area contributed by atoms with Crippen LogP contribution in [0, 0.1) is 0 Å². The maximum Gasteiger partial charge on any atom is 0.241 e. The number of hydrogen-bond donors (Lipinski definition) is 1. The minimum absolute atomic E-state index is 0.0455. The summed E-state index contributed by atoms with van der Waals surface area (Å²) in [6, 6.07) is 9.16. The van der Waals surface area contributed by atoms with E-state index in [0.717, 1.165) is 18.2 Å². The quantitative estimate of drug-likeness (QED) is 0.861. The summed E-state index contributed by atoms with van der Waals surface area (Å²) in [5.74, 6) is -0.329. The maximum atomic E-state index is 12.4. The van der Waals surface area contributed by atoms with E-state index in [-0.39, 0.29) is 18.4 Å². The molecule has 1 amide bonds. The number of carbonyl (C=O) groups excluding carboxylic acids is 1. The van der Waals surface area contributed by atoms with Crippen LogP contribution in [0.15, 0.2) is 30.3 Å². The number of hydrogen-bond acceptors (Lipinski definition) is 4. The molecule has 6 heteroatoms. The van der Waals surface area contributed by atoms with Gasteiger partial charge in [-0.05, 0) is 18.4 Å². The number of amides is 1. The van der Waals surface area contributed by atoms with E-state index in [0.29, 0.717) is 13.1 Å². The van der Waals surface area contributed by atoms with E-state index in [1.165, 1.54) is 0 Å². The Morgan fingerprint density at radius 3 is 2.55 bits per heavy atom. The van der Waals surface area contributed by atoms with Crippen LogP contribution in [0.5, 0.6) is 0 Å². The third-order valence-corrected chi connectivity index (χ3v) is 4.99. The summed E-state index contributed by atoms with van der Waals surface area (Å²) in [4.78, 5) is 14.0. The number of sulfone groups is 1. The van der Waals surface area contributed by atoms with E-state index < -0.39 is 15.1 Å². The van der Waals surface area contributed by atoms with Crippen molar-refractivity contribution in [3.63, 3.8) is 0 Å². The molecule has 0 spiro atoms. The molecule has 0 aromatic heterocycles. The Morgan fingerprint density at radius 2 is 2.05 bits per heavy atom. The van der Waals surface area contributed by atoms with Gasteiger partial charge in [0, 0.05) is 25.4 Å². The lowest BCUT2D eigenvalue weighted by atomic mass is 10.1. The molecule has 1 fully saturated rings. The molecule has 20 heavy (non-hydrogen) atoms. The van der Waals surface area contributed by atoms with E-state index in [2.05, 4.69) is 0 Å². The zero-order valence-corrected chi connectivity index (χ0v) is 12.3. The van der Waals surface area contributed by atoms with Crippen LogP contribution in [0.3, 0.4) is 0 Å². The van der Waals surface area contributed by atoms with Crippen molar-refractivity contribution >= 4 is 15.7 Å². The molecular weight excluding hydrogens is 276 g/mol. The van der Waals surface area contributed by atoms with E-state index in [4.69, 9.17) is 5.73 Å². The van der Waals surface area contributed by atoms with E-state index in [1.807, 2.05) is 30.3 Å². The Kier molecular flexibility index (Phi) is 4.45. The third kappa shape index (κ3) is 3.58. The molecule has 1 aliphatic heterocycles. The van der Waals surface area contributed by atoms with E-state index in [9.17, 15) is 13.2 Å². The lowest BCUT2D eigenvalue weighted by molar-refractivity contribution is -0.129. The lowest BCUT2D eigenvalue weighted by Crippen LogP contribution is -2.43. The monoisotopic (exact) mass is 296 g/mol. The number of carbonyl (C=O) groups is 1. The first kappa shape index (κ1) is 15.0. The summed E-state index contributed by atoms with van der Waals surface area (Å²) in [5.41, 5.74) is 6.63. The summed E-state index contributed by atoms with van der Waals surface area (Å²) < 4.78 is 23.9. The van der Waals surface area contributed by atoms with Crippen LogP contribution in [-0.4, -0.2) is 49.9 Å². The average molecular weight is 296 g/mol. The summed E-state index contributed by atoms with van der Waals surface area (Å²) in [6.07, 6.45) is 2.06. The fourth-order valence-electron chi connectivity index (χ4n) is 2.44. The van der Waals surface area contributed by atoms with Crippen molar-refractivity contribution in [2.24, 2.45) is 5.73 Å². The van der Waals surface area contributed by atoms with Gasteiger partial charge in [0.2, 0.25) is 5.91 Å². The normalized spacial score (nSPS) is 20.9. The lowest BCUT2D eigenvalue weighted by Gasteiger charge is -2.22. The first-order valence-electron chi connectivity index (χ1n) is 6.65. The van der Waals surface area contributed by atoms with Crippen LogP contribution < -0.4 is 5.73 Å². The van der Waals surface area contributed by atoms with Crippen molar-refractivity contribution in [2.75, 3.05) is 19.3 Å². The molecule has 1 aliphatic rings. The largest absolute Gasteiger partial charge is 0.340 e. The Bertz CT molecular complexity index is 571. The van der Waals surface area contributed by atoms with Crippen LogP contribution in [0.2, 0.25) is 0 Å². The summed E-state index contributed by atoms with van der Waals surface area (Å²) >= 11 is 0. The highest BCUT2D eigenvalue weighted by atomic mass is 32.2. The van der Waals surface area contributed by atoms with Crippen molar-refractivity contribution in [2.45, 2.75) is 24.1 Å². The first-order valence-corrected chi connectivity index (χ1v) is 8.60. The highest BCUT2D eigenvalue weighted by Gasteiger charge is 2.35. The molecule has 0 radical (unpaired) electrons. The maximum absolute atomic E-state index is 12.4. The van der Waals surface area contributed by atoms with Crippen molar-refractivity contribution in [1.29, 1.82) is 0 Å². The van der Waals surface area contributed by atoms with Crippen molar-refractivity contribution in [3.8, 4) is 0 Å². The van der Waals surface area contributed by atoms with Gasteiger partial charge in [0.1, 0.15) is 5.25 Å². The Labute approximate surface area is 119 Å². The fourth-order valence-corrected chi connectivity index (χ4v) is 3.45. The zero-order chi connectivity index (χ0) is 14.8. The van der Waals surface area contributed by atoms with Gasteiger partial charge in [0.15, 0.2) is 9.84 Å². The molecular formula is C14H20N2O3S. The number of nitrogens with two attached hydrogens (primary N) is 1. The minimum atomic E-state index is -3.45. The molecule has 1 saturated heterocycles. The minimum Gasteiger partial charge on any atom is -0.340 e. The van der Waals surface area contributed by atoms with Gasteiger partial charge >= 0.3 is 0 Å². The van der Waals surface area contributed by atoms with Crippen LogP contribution in [0.4, 0.5) is 0 Å². The molecule has 1 aromatic rings. The van der Waals surface area contributed by atoms with Crippen LogP contribution in [-0.2, 0) is 21.1 Å². The SMILES string of the molecule is CS(=O)(=O)C(Cc1ccccc1)C(=O)N1CC[C@H](N)C1. The molecule has 2 rings (SSSR count). The molecule has 0 aliphatic carbocycles. The van der Waals surface area contributed by atoms with Crippen LogP contribution >= 0.6 is 0 Å². The smallest absolute Gasteiger partial charge is 0.241 e. The van der Waals surface area contributed by atoms with E-state index >= 15 is 0 Å². The van der Waals surface area contributed by atoms with Gasteiger partial charge in [-0.2, -0.15) is 0 Å². The summed E-state index contributed by atoms with van der Waals surface area (Å²) in [6.45, 7) is 0.987. The average Bonchev–Trinajstić information content (AvgIpc) is 2.82. The van der Waals surface area contributed by atoms with Crippen LogP contribution in [0.1, 0.15) is 12.0 Å². The second-order valence-electron chi connectivity index (χ2n) is 5.34. The topological polar surface area (TPSA) is 80.5 Å². The number of rotatable bonds is 4. The van der Waals surface area contributed by atoms with Crippen molar-refractivity contribution in [3.05, 3.63) is 35.9 Å². The molecule has 0 bridgehead atoms. The highest BCUT2D eigenvalue weighted by molar-refractivity contribution is 7.92. The van der Waals surface area contributed by atoms with Gasteiger partial charge in [-0.3, -0.25) is 4.79 Å². The predicted molar refractivity (Wildman–Crippen MR) is 78.0 cm³/mol. The van der Waals surface area contributed by atoms with E-state index in [1.54, 1.807) is 4.90 Å². The predicted octanol–water partition coefficient (Wildman–Crippen LogP) is 0.202. The second kappa shape index (κ2) is 5.93. The first-order chi connectivity index (χ1) is 9.38.